The fourth-order valence-electron chi connectivity index (χ4n) is 2.26. The van der Waals surface area contributed by atoms with Crippen LogP contribution in [0.2, 0.25) is 0 Å². The van der Waals surface area contributed by atoms with E-state index in [1.165, 1.54) is 25.1 Å². The van der Waals surface area contributed by atoms with E-state index in [2.05, 4.69) is 20.8 Å². The van der Waals surface area contributed by atoms with E-state index in [9.17, 15) is 9.18 Å². The summed E-state index contributed by atoms with van der Waals surface area (Å²) >= 11 is 0. The Morgan fingerprint density at radius 3 is 2.68 bits per heavy atom. The standard InChI is InChI=1S/C18H17FN4O2/c1-11-3-5-13(6-4-11)18-22-17(25-23-18)10-20-16-9-14(21-12(2)24)7-8-15(16)19/h3-9,20H,10H2,1-2H3,(H,21,24). The molecule has 0 bridgehead atoms. The van der Waals surface area contributed by atoms with E-state index in [4.69, 9.17) is 4.52 Å². The number of benzene rings is 2. The first-order valence-electron chi connectivity index (χ1n) is 7.72. The number of aromatic nitrogens is 2. The number of carbonyl (C=O) groups is 1. The van der Waals surface area contributed by atoms with Gasteiger partial charge in [-0.15, -0.1) is 0 Å². The lowest BCUT2D eigenvalue weighted by Crippen LogP contribution is -2.07. The molecule has 2 aromatic carbocycles. The maximum atomic E-state index is 13.9. The van der Waals surface area contributed by atoms with Gasteiger partial charge in [-0.1, -0.05) is 35.0 Å². The Balaban J connectivity index is 1.70. The zero-order valence-electron chi connectivity index (χ0n) is 13.8. The van der Waals surface area contributed by atoms with Gasteiger partial charge in [-0.05, 0) is 25.1 Å². The van der Waals surface area contributed by atoms with Crippen LogP contribution in [0.25, 0.3) is 11.4 Å². The van der Waals surface area contributed by atoms with Crippen LogP contribution in [0.4, 0.5) is 15.8 Å². The van der Waals surface area contributed by atoms with Gasteiger partial charge in [0.25, 0.3) is 0 Å². The maximum absolute atomic E-state index is 13.9. The quantitative estimate of drug-likeness (QED) is 0.739. The van der Waals surface area contributed by atoms with Gasteiger partial charge in [0.2, 0.25) is 17.6 Å². The first-order valence-corrected chi connectivity index (χ1v) is 7.72. The lowest BCUT2D eigenvalue weighted by atomic mass is 10.1. The molecule has 128 valence electrons. The molecule has 0 radical (unpaired) electrons. The first-order chi connectivity index (χ1) is 12.0. The van der Waals surface area contributed by atoms with Gasteiger partial charge in [-0.25, -0.2) is 4.39 Å². The summed E-state index contributed by atoms with van der Waals surface area (Å²) in [6.45, 7) is 3.56. The third-order valence-electron chi connectivity index (χ3n) is 3.49. The summed E-state index contributed by atoms with van der Waals surface area (Å²) in [6, 6.07) is 12.0. The van der Waals surface area contributed by atoms with Gasteiger partial charge < -0.3 is 15.2 Å². The number of hydrogen-bond acceptors (Lipinski definition) is 5. The molecular weight excluding hydrogens is 323 g/mol. The molecule has 6 nitrogen and oxygen atoms in total. The number of aryl methyl sites for hydroxylation is 1. The molecule has 25 heavy (non-hydrogen) atoms. The Hall–Kier alpha value is -3.22. The van der Waals surface area contributed by atoms with E-state index in [0.29, 0.717) is 17.4 Å². The van der Waals surface area contributed by atoms with E-state index in [1.807, 2.05) is 31.2 Å². The third-order valence-corrected chi connectivity index (χ3v) is 3.49. The average Bonchev–Trinajstić information content (AvgIpc) is 3.04. The van der Waals surface area contributed by atoms with Crippen molar-refractivity contribution in [3.63, 3.8) is 0 Å². The molecule has 7 heteroatoms. The molecule has 0 atom stereocenters. The molecular formula is C18H17FN4O2. The number of rotatable bonds is 5. The van der Waals surface area contributed by atoms with Crippen molar-refractivity contribution in [2.24, 2.45) is 0 Å². The number of carbonyl (C=O) groups excluding carboxylic acids is 1. The molecule has 2 N–H and O–H groups in total. The second-order valence-electron chi connectivity index (χ2n) is 5.61. The van der Waals surface area contributed by atoms with Crippen LogP contribution in [-0.2, 0) is 11.3 Å². The van der Waals surface area contributed by atoms with Gasteiger partial charge in [-0.2, -0.15) is 4.98 Å². The van der Waals surface area contributed by atoms with Gasteiger partial charge in [0, 0.05) is 18.2 Å². The number of hydrogen-bond donors (Lipinski definition) is 2. The van der Waals surface area contributed by atoms with Crippen molar-refractivity contribution in [3.8, 4) is 11.4 Å². The number of halogens is 1. The molecule has 0 aliphatic rings. The predicted molar refractivity (Wildman–Crippen MR) is 92.5 cm³/mol. The Bertz CT molecular complexity index is 890. The van der Waals surface area contributed by atoms with Crippen molar-refractivity contribution in [2.75, 3.05) is 10.6 Å². The van der Waals surface area contributed by atoms with E-state index in [-0.39, 0.29) is 18.1 Å². The number of amides is 1. The number of anilines is 2. The van der Waals surface area contributed by atoms with Crippen LogP contribution in [-0.4, -0.2) is 16.0 Å². The van der Waals surface area contributed by atoms with Crippen molar-refractivity contribution in [2.45, 2.75) is 20.4 Å². The van der Waals surface area contributed by atoms with Gasteiger partial charge in [0.05, 0.1) is 12.2 Å². The smallest absolute Gasteiger partial charge is 0.246 e. The Kier molecular flexibility index (Phi) is 4.74. The lowest BCUT2D eigenvalue weighted by molar-refractivity contribution is -0.114. The highest BCUT2D eigenvalue weighted by Gasteiger charge is 2.10. The summed E-state index contributed by atoms with van der Waals surface area (Å²) in [5.74, 6) is 0.147. The topological polar surface area (TPSA) is 80.0 Å². The van der Waals surface area contributed by atoms with Crippen LogP contribution < -0.4 is 10.6 Å². The molecule has 1 amide bonds. The molecule has 1 heterocycles. The molecule has 0 saturated heterocycles. The summed E-state index contributed by atoms with van der Waals surface area (Å²) in [7, 11) is 0. The SMILES string of the molecule is CC(=O)Nc1ccc(F)c(NCc2nc(-c3ccc(C)cc3)no2)c1. The van der Waals surface area contributed by atoms with E-state index in [0.717, 1.165) is 11.1 Å². The molecule has 0 saturated carbocycles. The summed E-state index contributed by atoms with van der Waals surface area (Å²) in [5, 5.41) is 9.43. The summed E-state index contributed by atoms with van der Waals surface area (Å²) in [4.78, 5) is 15.4. The third kappa shape index (κ3) is 4.20. The van der Waals surface area contributed by atoms with Crippen molar-refractivity contribution in [1.29, 1.82) is 0 Å². The largest absolute Gasteiger partial charge is 0.374 e. The van der Waals surface area contributed by atoms with Crippen molar-refractivity contribution in [1.82, 2.24) is 10.1 Å². The summed E-state index contributed by atoms with van der Waals surface area (Å²) < 4.78 is 19.1. The van der Waals surface area contributed by atoms with Crippen molar-refractivity contribution < 1.29 is 13.7 Å². The molecule has 3 rings (SSSR count). The van der Waals surface area contributed by atoms with Gasteiger partial charge in [0.15, 0.2) is 0 Å². The van der Waals surface area contributed by atoms with E-state index < -0.39 is 5.82 Å². The molecule has 0 spiro atoms. The maximum Gasteiger partial charge on any atom is 0.246 e. The number of nitrogens with zero attached hydrogens (tertiary/aromatic N) is 2. The Morgan fingerprint density at radius 1 is 1.20 bits per heavy atom. The van der Waals surface area contributed by atoms with E-state index >= 15 is 0 Å². The molecule has 3 aromatic rings. The summed E-state index contributed by atoms with van der Waals surface area (Å²) in [6.07, 6.45) is 0. The second kappa shape index (κ2) is 7.12. The molecule has 0 aliphatic carbocycles. The van der Waals surface area contributed by atoms with Crippen LogP contribution >= 0.6 is 0 Å². The zero-order valence-corrected chi connectivity index (χ0v) is 13.8. The van der Waals surface area contributed by atoms with Gasteiger partial charge in [0.1, 0.15) is 5.82 Å². The normalized spacial score (nSPS) is 10.5. The highest BCUT2D eigenvalue weighted by Crippen LogP contribution is 2.21. The fourth-order valence-corrected chi connectivity index (χ4v) is 2.26. The molecule has 0 unspecified atom stereocenters. The van der Waals surface area contributed by atoms with Crippen LogP contribution in [0.1, 0.15) is 18.4 Å². The van der Waals surface area contributed by atoms with Crippen molar-refractivity contribution in [3.05, 3.63) is 59.7 Å². The van der Waals surface area contributed by atoms with Crippen molar-refractivity contribution >= 4 is 17.3 Å². The van der Waals surface area contributed by atoms with Gasteiger partial charge in [-0.3, -0.25) is 4.79 Å². The molecule has 1 aromatic heterocycles. The first kappa shape index (κ1) is 16.6. The van der Waals surface area contributed by atoms with Crippen LogP contribution in [0.5, 0.6) is 0 Å². The molecule has 0 aliphatic heterocycles. The zero-order chi connectivity index (χ0) is 17.8. The Morgan fingerprint density at radius 2 is 1.96 bits per heavy atom. The Labute approximate surface area is 144 Å². The predicted octanol–water partition coefficient (Wildman–Crippen LogP) is 3.75. The minimum atomic E-state index is -0.438. The average molecular weight is 340 g/mol. The fraction of sp³-hybridized carbons (Fsp3) is 0.167. The minimum absolute atomic E-state index is 0.166. The van der Waals surface area contributed by atoms with Crippen LogP contribution in [0, 0.1) is 12.7 Å². The summed E-state index contributed by atoms with van der Waals surface area (Å²) in [5.41, 5.74) is 2.73. The highest BCUT2D eigenvalue weighted by molar-refractivity contribution is 5.89. The van der Waals surface area contributed by atoms with E-state index in [1.54, 1.807) is 0 Å². The second-order valence-corrected chi connectivity index (χ2v) is 5.61. The molecule has 0 fully saturated rings. The number of nitrogens with one attached hydrogen (secondary N) is 2. The van der Waals surface area contributed by atoms with Crippen LogP contribution in [0.15, 0.2) is 47.0 Å². The minimum Gasteiger partial charge on any atom is -0.374 e. The monoisotopic (exact) mass is 340 g/mol. The van der Waals surface area contributed by atoms with Gasteiger partial charge >= 0.3 is 0 Å². The lowest BCUT2D eigenvalue weighted by Gasteiger charge is -2.08. The highest BCUT2D eigenvalue weighted by atomic mass is 19.1. The van der Waals surface area contributed by atoms with Crippen LogP contribution in [0.3, 0.4) is 0 Å².